The van der Waals surface area contributed by atoms with Gasteiger partial charge in [-0.05, 0) is 13.3 Å². The van der Waals surface area contributed by atoms with Gasteiger partial charge in [0.2, 0.25) is 5.91 Å². The minimum absolute atomic E-state index is 0.0794. The summed E-state index contributed by atoms with van der Waals surface area (Å²) in [4.78, 5) is 27.1. The molecule has 6 nitrogen and oxygen atoms in total. The molecule has 1 amide bonds. The number of carbonyl (C=O) groups is 2. The normalized spacial score (nSPS) is 18.9. The fraction of sp³-hybridized carbons (Fsp3) is 0.846. The summed E-state index contributed by atoms with van der Waals surface area (Å²) >= 11 is 0. The first kappa shape index (κ1) is 15.9. The van der Waals surface area contributed by atoms with E-state index in [1.807, 2.05) is 6.92 Å². The molecule has 0 aromatic carbocycles. The second-order valence-electron chi connectivity index (χ2n) is 5.01. The molecular weight excluding hydrogens is 246 g/mol. The molecule has 19 heavy (non-hydrogen) atoms. The SMILES string of the molecule is CCC(C)NC(=O)CN1CCN(CC(=O)OC)CC1. The number of esters is 1. The van der Waals surface area contributed by atoms with Crippen molar-refractivity contribution in [3.8, 4) is 0 Å². The summed E-state index contributed by atoms with van der Waals surface area (Å²) in [6, 6.07) is 0.230. The van der Waals surface area contributed by atoms with Gasteiger partial charge in [0.15, 0.2) is 0 Å². The Morgan fingerprint density at radius 2 is 1.68 bits per heavy atom. The summed E-state index contributed by atoms with van der Waals surface area (Å²) in [5.41, 5.74) is 0. The Morgan fingerprint density at radius 1 is 1.16 bits per heavy atom. The molecule has 0 aromatic rings. The second-order valence-corrected chi connectivity index (χ2v) is 5.01. The van der Waals surface area contributed by atoms with Crippen molar-refractivity contribution in [2.24, 2.45) is 0 Å². The van der Waals surface area contributed by atoms with Gasteiger partial charge >= 0.3 is 5.97 Å². The van der Waals surface area contributed by atoms with Crippen LogP contribution in [0.15, 0.2) is 0 Å². The Morgan fingerprint density at radius 3 is 2.16 bits per heavy atom. The van der Waals surface area contributed by atoms with Crippen molar-refractivity contribution in [3.63, 3.8) is 0 Å². The Balaban J connectivity index is 2.22. The summed E-state index contributed by atoms with van der Waals surface area (Å²) < 4.78 is 4.64. The van der Waals surface area contributed by atoms with Gasteiger partial charge < -0.3 is 10.1 Å². The molecule has 0 aromatic heterocycles. The maximum atomic E-state index is 11.7. The Kier molecular flexibility index (Phi) is 6.80. The Labute approximate surface area is 115 Å². The van der Waals surface area contributed by atoms with Crippen LogP contribution < -0.4 is 5.32 Å². The number of nitrogens with one attached hydrogen (secondary N) is 1. The average Bonchev–Trinajstić information content (AvgIpc) is 2.40. The van der Waals surface area contributed by atoms with Crippen LogP contribution >= 0.6 is 0 Å². The number of amides is 1. The van der Waals surface area contributed by atoms with Gasteiger partial charge in [-0.1, -0.05) is 6.92 Å². The van der Waals surface area contributed by atoms with E-state index in [9.17, 15) is 9.59 Å². The van der Waals surface area contributed by atoms with Gasteiger partial charge in [-0.2, -0.15) is 0 Å². The minimum atomic E-state index is -0.206. The molecule has 1 rings (SSSR count). The van der Waals surface area contributed by atoms with Crippen molar-refractivity contribution < 1.29 is 14.3 Å². The van der Waals surface area contributed by atoms with E-state index in [-0.39, 0.29) is 17.9 Å². The van der Waals surface area contributed by atoms with Crippen LogP contribution in [0.5, 0.6) is 0 Å². The molecule has 1 unspecified atom stereocenters. The van der Waals surface area contributed by atoms with Gasteiger partial charge in [-0.3, -0.25) is 19.4 Å². The fourth-order valence-corrected chi connectivity index (χ4v) is 1.98. The smallest absolute Gasteiger partial charge is 0.319 e. The number of ether oxygens (including phenoxy) is 1. The van der Waals surface area contributed by atoms with Crippen LogP contribution in [0, 0.1) is 0 Å². The predicted molar refractivity (Wildman–Crippen MR) is 72.8 cm³/mol. The maximum Gasteiger partial charge on any atom is 0.319 e. The molecule has 1 heterocycles. The zero-order valence-corrected chi connectivity index (χ0v) is 12.1. The van der Waals surface area contributed by atoms with Crippen LogP contribution in [-0.2, 0) is 14.3 Å². The number of carbonyl (C=O) groups excluding carboxylic acids is 2. The van der Waals surface area contributed by atoms with E-state index in [1.165, 1.54) is 7.11 Å². The first-order valence-electron chi connectivity index (χ1n) is 6.86. The molecule has 1 atom stereocenters. The van der Waals surface area contributed by atoms with E-state index in [0.29, 0.717) is 13.1 Å². The number of rotatable bonds is 6. The summed E-state index contributed by atoms with van der Waals surface area (Å²) in [6.07, 6.45) is 0.943. The molecule has 0 radical (unpaired) electrons. The first-order chi connectivity index (χ1) is 9.05. The first-order valence-corrected chi connectivity index (χ1v) is 6.86. The number of methoxy groups -OCH3 is 1. The van der Waals surface area contributed by atoms with Crippen LogP contribution in [0.25, 0.3) is 0 Å². The lowest BCUT2D eigenvalue weighted by Gasteiger charge is -2.33. The molecule has 1 aliphatic heterocycles. The molecule has 110 valence electrons. The molecular formula is C13H25N3O3. The van der Waals surface area contributed by atoms with Crippen molar-refractivity contribution in [1.82, 2.24) is 15.1 Å². The van der Waals surface area contributed by atoms with Gasteiger partial charge in [0.1, 0.15) is 0 Å². The Bertz CT molecular complexity index is 302. The van der Waals surface area contributed by atoms with Crippen LogP contribution in [-0.4, -0.2) is 74.1 Å². The maximum absolute atomic E-state index is 11.7. The number of nitrogens with zero attached hydrogens (tertiary/aromatic N) is 2. The van der Waals surface area contributed by atoms with E-state index < -0.39 is 0 Å². The third-order valence-electron chi connectivity index (χ3n) is 3.43. The Hall–Kier alpha value is -1.14. The van der Waals surface area contributed by atoms with Crippen molar-refractivity contribution in [1.29, 1.82) is 0 Å². The fourth-order valence-electron chi connectivity index (χ4n) is 1.98. The third kappa shape index (κ3) is 6.02. The monoisotopic (exact) mass is 271 g/mol. The molecule has 0 aliphatic carbocycles. The highest BCUT2D eigenvalue weighted by molar-refractivity contribution is 5.78. The van der Waals surface area contributed by atoms with Crippen LogP contribution in [0.2, 0.25) is 0 Å². The zero-order chi connectivity index (χ0) is 14.3. The molecule has 0 bridgehead atoms. The second kappa shape index (κ2) is 8.12. The molecule has 1 N–H and O–H groups in total. The summed E-state index contributed by atoms with van der Waals surface area (Å²) in [7, 11) is 1.40. The van der Waals surface area contributed by atoms with Crippen molar-refractivity contribution >= 4 is 11.9 Å². The van der Waals surface area contributed by atoms with Crippen LogP contribution in [0.3, 0.4) is 0 Å². The van der Waals surface area contributed by atoms with E-state index in [2.05, 4.69) is 26.8 Å². The molecule has 0 spiro atoms. The van der Waals surface area contributed by atoms with Gasteiger partial charge in [0.05, 0.1) is 20.2 Å². The quantitative estimate of drug-likeness (QED) is 0.672. The highest BCUT2D eigenvalue weighted by Gasteiger charge is 2.20. The van der Waals surface area contributed by atoms with Crippen LogP contribution in [0.4, 0.5) is 0 Å². The highest BCUT2D eigenvalue weighted by atomic mass is 16.5. The van der Waals surface area contributed by atoms with Gasteiger partial charge in [0.25, 0.3) is 0 Å². The number of piperazine rings is 1. The summed E-state index contributed by atoms with van der Waals surface area (Å²) in [5, 5.41) is 2.96. The molecule has 6 heteroatoms. The standard InChI is InChI=1S/C13H25N3O3/c1-4-11(2)14-12(17)9-15-5-7-16(8-6-15)10-13(18)19-3/h11H,4-10H2,1-3H3,(H,14,17). The van der Waals surface area contributed by atoms with E-state index in [4.69, 9.17) is 0 Å². The van der Waals surface area contributed by atoms with Gasteiger partial charge in [0, 0.05) is 32.2 Å². The number of hydrogen-bond donors (Lipinski definition) is 1. The average molecular weight is 271 g/mol. The van der Waals surface area contributed by atoms with Crippen molar-refractivity contribution in [3.05, 3.63) is 0 Å². The van der Waals surface area contributed by atoms with E-state index in [1.54, 1.807) is 0 Å². The summed E-state index contributed by atoms with van der Waals surface area (Å²) in [5.74, 6) is -0.126. The van der Waals surface area contributed by atoms with E-state index in [0.717, 1.165) is 32.6 Å². The molecule has 0 saturated carbocycles. The van der Waals surface area contributed by atoms with E-state index >= 15 is 0 Å². The van der Waals surface area contributed by atoms with Crippen molar-refractivity contribution in [2.75, 3.05) is 46.4 Å². The lowest BCUT2D eigenvalue weighted by molar-refractivity contribution is -0.142. The molecule has 1 saturated heterocycles. The predicted octanol–water partition coefficient (Wildman–Crippen LogP) is -0.308. The zero-order valence-electron chi connectivity index (χ0n) is 12.1. The van der Waals surface area contributed by atoms with Crippen molar-refractivity contribution in [2.45, 2.75) is 26.3 Å². The summed E-state index contributed by atoms with van der Waals surface area (Å²) in [6.45, 7) is 8.05. The van der Waals surface area contributed by atoms with Gasteiger partial charge in [-0.25, -0.2) is 0 Å². The minimum Gasteiger partial charge on any atom is -0.468 e. The largest absolute Gasteiger partial charge is 0.468 e. The lowest BCUT2D eigenvalue weighted by Crippen LogP contribution is -2.51. The van der Waals surface area contributed by atoms with Crippen LogP contribution in [0.1, 0.15) is 20.3 Å². The third-order valence-corrected chi connectivity index (χ3v) is 3.43. The number of hydrogen-bond acceptors (Lipinski definition) is 5. The van der Waals surface area contributed by atoms with Gasteiger partial charge in [-0.15, -0.1) is 0 Å². The highest BCUT2D eigenvalue weighted by Crippen LogP contribution is 2.01. The topological polar surface area (TPSA) is 61.9 Å². The molecule has 1 aliphatic rings. The molecule has 1 fully saturated rings. The lowest BCUT2D eigenvalue weighted by atomic mass is 10.2.